The first kappa shape index (κ1) is 11.9. The van der Waals surface area contributed by atoms with Crippen molar-refractivity contribution in [3.63, 3.8) is 0 Å². The molecule has 2 rings (SSSR count). The molecule has 2 aromatic rings. The van der Waals surface area contributed by atoms with Gasteiger partial charge in [0.15, 0.2) is 0 Å². The van der Waals surface area contributed by atoms with Crippen molar-refractivity contribution in [2.45, 2.75) is 13.5 Å². The highest BCUT2D eigenvalue weighted by Crippen LogP contribution is 2.25. The van der Waals surface area contributed by atoms with E-state index >= 15 is 0 Å². The van der Waals surface area contributed by atoms with E-state index in [1.165, 1.54) is 6.20 Å². The van der Waals surface area contributed by atoms with Gasteiger partial charge < -0.3 is 5.32 Å². The Morgan fingerprint density at radius 2 is 2.22 bits per heavy atom. The molecule has 7 heteroatoms. The van der Waals surface area contributed by atoms with E-state index in [9.17, 15) is 10.1 Å². The van der Waals surface area contributed by atoms with Gasteiger partial charge in [-0.25, -0.2) is 4.98 Å². The quantitative estimate of drug-likeness (QED) is 0.650. The Balaban J connectivity index is 2.20. The molecule has 0 bridgehead atoms. The third-order valence-electron chi connectivity index (χ3n) is 2.37. The number of aromatic nitrogens is 3. The van der Waals surface area contributed by atoms with E-state index in [1.54, 1.807) is 31.3 Å². The minimum absolute atomic E-state index is 0.0126. The van der Waals surface area contributed by atoms with Gasteiger partial charge in [-0.3, -0.25) is 10.1 Å². The Morgan fingerprint density at radius 1 is 1.39 bits per heavy atom. The third-order valence-corrected chi connectivity index (χ3v) is 2.37. The molecule has 0 aromatic carbocycles. The number of nitrogens with zero attached hydrogens (tertiary/aromatic N) is 4. The van der Waals surface area contributed by atoms with E-state index in [2.05, 4.69) is 20.5 Å². The van der Waals surface area contributed by atoms with Crippen LogP contribution < -0.4 is 5.32 Å². The van der Waals surface area contributed by atoms with Crippen molar-refractivity contribution in [2.24, 2.45) is 0 Å². The monoisotopic (exact) mass is 245 g/mol. The fourth-order valence-electron chi connectivity index (χ4n) is 1.51. The van der Waals surface area contributed by atoms with Crippen molar-refractivity contribution in [1.29, 1.82) is 0 Å². The molecule has 92 valence electrons. The molecule has 0 spiro atoms. The summed E-state index contributed by atoms with van der Waals surface area (Å²) in [5.41, 5.74) is 1.24. The second-order valence-corrected chi connectivity index (χ2v) is 3.65. The predicted molar refractivity (Wildman–Crippen MR) is 65.0 cm³/mol. The number of hydrogen-bond donors (Lipinski definition) is 1. The summed E-state index contributed by atoms with van der Waals surface area (Å²) in [6, 6.07) is 5.13. The Hall–Kier alpha value is -2.57. The zero-order chi connectivity index (χ0) is 13.0. The number of rotatable bonds is 4. The van der Waals surface area contributed by atoms with Crippen LogP contribution in [0.25, 0.3) is 0 Å². The number of hydrogen-bond acceptors (Lipinski definition) is 6. The molecule has 0 radical (unpaired) electrons. The molecule has 18 heavy (non-hydrogen) atoms. The first-order valence-corrected chi connectivity index (χ1v) is 5.29. The predicted octanol–water partition coefficient (Wildman–Crippen LogP) is 1.70. The normalized spacial score (nSPS) is 10.1. The lowest BCUT2D eigenvalue weighted by Gasteiger charge is -2.06. The summed E-state index contributed by atoms with van der Waals surface area (Å²) in [6.07, 6.45) is 3.10. The van der Waals surface area contributed by atoms with E-state index in [-0.39, 0.29) is 11.5 Å². The lowest BCUT2D eigenvalue weighted by Crippen LogP contribution is -2.07. The van der Waals surface area contributed by atoms with Gasteiger partial charge in [0.1, 0.15) is 0 Å². The molecule has 0 aliphatic heterocycles. The molecule has 2 heterocycles. The number of aryl methyl sites for hydroxylation is 1. The average molecular weight is 245 g/mol. The zero-order valence-corrected chi connectivity index (χ0v) is 9.70. The van der Waals surface area contributed by atoms with Crippen molar-refractivity contribution < 1.29 is 4.92 Å². The largest absolute Gasteiger partial charge is 0.359 e. The van der Waals surface area contributed by atoms with Crippen molar-refractivity contribution >= 4 is 11.5 Å². The molecule has 0 unspecified atom stereocenters. The zero-order valence-electron chi connectivity index (χ0n) is 9.70. The van der Waals surface area contributed by atoms with Crippen LogP contribution in [-0.2, 0) is 6.54 Å². The second-order valence-electron chi connectivity index (χ2n) is 3.65. The van der Waals surface area contributed by atoms with Crippen molar-refractivity contribution in [3.05, 3.63) is 52.0 Å². The van der Waals surface area contributed by atoms with Crippen molar-refractivity contribution in [1.82, 2.24) is 15.2 Å². The maximum Gasteiger partial charge on any atom is 0.314 e. The van der Waals surface area contributed by atoms with Crippen LogP contribution in [0, 0.1) is 17.0 Å². The summed E-state index contributed by atoms with van der Waals surface area (Å²) >= 11 is 0. The molecule has 2 aromatic heterocycles. The summed E-state index contributed by atoms with van der Waals surface area (Å²) in [5.74, 6) is 0.241. The Labute approximate surface area is 103 Å². The molecule has 1 N–H and O–H groups in total. The smallest absolute Gasteiger partial charge is 0.314 e. The molecule has 0 aliphatic rings. The van der Waals surface area contributed by atoms with Crippen molar-refractivity contribution in [2.75, 3.05) is 5.32 Å². The van der Waals surface area contributed by atoms with E-state index in [4.69, 9.17) is 0 Å². The molecule has 0 aliphatic carbocycles. The lowest BCUT2D eigenvalue weighted by molar-refractivity contribution is -0.384. The van der Waals surface area contributed by atoms with Crippen LogP contribution in [0.2, 0.25) is 0 Å². The van der Waals surface area contributed by atoms with Gasteiger partial charge in [0, 0.05) is 18.0 Å². The van der Waals surface area contributed by atoms with Gasteiger partial charge in [0.05, 0.1) is 17.2 Å². The van der Waals surface area contributed by atoms with Crippen LogP contribution in [0.1, 0.15) is 11.3 Å². The average Bonchev–Trinajstić information content (AvgIpc) is 2.37. The second kappa shape index (κ2) is 5.17. The number of anilines is 1. The fraction of sp³-hybridized carbons (Fsp3) is 0.182. The molecule has 0 saturated heterocycles. The fourth-order valence-corrected chi connectivity index (χ4v) is 1.51. The molecular formula is C11H11N5O2. The minimum atomic E-state index is -0.443. The number of nitro groups is 1. The molecular weight excluding hydrogens is 234 g/mol. The first-order chi connectivity index (χ1) is 8.68. The van der Waals surface area contributed by atoms with Gasteiger partial charge in [-0.2, -0.15) is 10.2 Å². The molecule has 0 amide bonds. The SMILES string of the molecule is Cc1ccnc(NCc2cccnn2)c1[N+](=O)[O-]. The van der Waals surface area contributed by atoms with Gasteiger partial charge in [-0.05, 0) is 25.1 Å². The van der Waals surface area contributed by atoms with E-state index in [0.29, 0.717) is 17.8 Å². The van der Waals surface area contributed by atoms with Gasteiger partial charge in [0.25, 0.3) is 0 Å². The maximum atomic E-state index is 11.0. The van der Waals surface area contributed by atoms with Gasteiger partial charge in [0.2, 0.25) is 5.82 Å². The maximum absolute atomic E-state index is 11.0. The Bertz CT molecular complexity index is 559. The van der Waals surface area contributed by atoms with E-state index < -0.39 is 4.92 Å². The highest BCUT2D eigenvalue weighted by Gasteiger charge is 2.17. The van der Waals surface area contributed by atoms with Crippen LogP contribution in [0.4, 0.5) is 11.5 Å². The number of nitrogens with one attached hydrogen (secondary N) is 1. The van der Waals surface area contributed by atoms with Crippen LogP contribution in [-0.4, -0.2) is 20.1 Å². The van der Waals surface area contributed by atoms with Crippen LogP contribution >= 0.6 is 0 Å². The van der Waals surface area contributed by atoms with E-state index in [1.807, 2.05) is 0 Å². The molecule has 7 nitrogen and oxygen atoms in total. The molecule has 0 saturated carbocycles. The minimum Gasteiger partial charge on any atom is -0.359 e. The van der Waals surface area contributed by atoms with Crippen LogP contribution in [0.5, 0.6) is 0 Å². The van der Waals surface area contributed by atoms with Gasteiger partial charge in [-0.1, -0.05) is 0 Å². The summed E-state index contributed by atoms with van der Waals surface area (Å²) in [4.78, 5) is 14.5. The van der Waals surface area contributed by atoms with Crippen molar-refractivity contribution in [3.8, 4) is 0 Å². The van der Waals surface area contributed by atoms with Crippen LogP contribution in [0.3, 0.4) is 0 Å². The molecule has 0 atom stereocenters. The standard InChI is InChI=1S/C11H11N5O2/c1-8-4-6-12-11(10(8)16(17)18)13-7-9-3-2-5-14-15-9/h2-6H,7H2,1H3,(H,12,13). The van der Waals surface area contributed by atoms with E-state index in [0.717, 1.165) is 0 Å². The highest BCUT2D eigenvalue weighted by molar-refractivity contribution is 5.59. The Kier molecular flexibility index (Phi) is 3.42. The van der Waals surface area contributed by atoms with Crippen LogP contribution in [0.15, 0.2) is 30.6 Å². The summed E-state index contributed by atoms with van der Waals surface area (Å²) in [7, 11) is 0. The first-order valence-electron chi connectivity index (χ1n) is 5.29. The highest BCUT2D eigenvalue weighted by atomic mass is 16.6. The number of pyridine rings is 1. The third kappa shape index (κ3) is 2.57. The summed E-state index contributed by atoms with van der Waals surface area (Å²) in [6.45, 7) is 2.01. The molecule has 0 fully saturated rings. The van der Waals surface area contributed by atoms with Gasteiger partial charge in [-0.15, -0.1) is 0 Å². The Morgan fingerprint density at radius 3 is 2.89 bits per heavy atom. The summed E-state index contributed by atoms with van der Waals surface area (Å²) < 4.78 is 0. The summed E-state index contributed by atoms with van der Waals surface area (Å²) in [5, 5.41) is 21.5. The lowest BCUT2D eigenvalue weighted by atomic mass is 10.2. The topological polar surface area (TPSA) is 93.8 Å². The van der Waals surface area contributed by atoms with Gasteiger partial charge >= 0.3 is 5.69 Å².